The summed E-state index contributed by atoms with van der Waals surface area (Å²) in [5.74, 6) is 2.03. The highest BCUT2D eigenvalue weighted by molar-refractivity contribution is 7.81. The molecule has 10 atom stereocenters. The molecule has 0 heterocycles. The first kappa shape index (κ1) is 32.7. The maximum absolute atomic E-state index is 13.2. The van der Waals surface area contributed by atoms with Crippen LogP contribution in [0.1, 0.15) is 108 Å². The number of benzene rings is 1. The number of amides is 2. The van der Waals surface area contributed by atoms with Gasteiger partial charge in [-0.05, 0) is 134 Å². The molecule has 2 amide bonds. The second-order valence-corrected chi connectivity index (χ2v) is 17.5. The lowest BCUT2D eigenvalue weighted by Crippen LogP contribution is -2.67. The molecule has 0 saturated heterocycles. The molecule has 0 aliphatic heterocycles. The van der Waals surface area contributed by atoms with Crippen LogP contribution in [0.5, 0.6) is 0 Å². The van der Waals surface area contributed by atoms with Crippen molar-refractivity contribution in [3.05, 3.63) is 41.5 Å². The van der Waals surface area contributed by atoms with Crippen molar-refractivity contribution in [2.45, 2.75) is 97.4 Å². The van der Waals surface area contributed by atoms with Crippen molar-refractivity contribution in [2.24, 2.45) is 45.8 Å². The molecule has 0 aromatic heterocycles. The van der Waals surface area contributed by atoms with E-state index in [0.29, 0.717) is 48.2 Å². The Morgan fingerprint density at radius 1 is 0.956 bits per heavy atom. The fourth-order valence-corrected chi connectivity index (χ4v) is 12.3. The molecule has 9 unspecified atom stereocenters. The number of likely N-dealkylation sites (N-methyl/N-ethyl adjacent to an activating group) is 1. The van der Waals surface area contributed by atoms with Gasteiger partial charge < -0.3 is 15.7 Å². The number of carbonyl (C=O) groups excluding carboxylic acids is 1. The Morgan fingerprint density at radius 2 is 1.69 bits per heavy atom. The van der Waals surface area contributed by atoms with Gasteiger partial charge in [0.2, 0.25) is 0 Å². The number of nitrogens with one attached hydrogen (secondary N) is 2. The Balaban J connectivity index is 1.20. The molecular formula is C37H55N3O4S. The van der Waals surface area contributed by atoms with Crippen LogP contribution in [0.4, 0.5) is 4.79 Å². The van der Waals surface area contributed by atoms with Crippen LogP contribution in [0.3, 0.4) is 0 Å². The van der Waals surface area contributed by atoms with E-state index in [0.717, 1.165) is 19.3 Å². The topological polar surface area (TPSA) is 98.7 Å². The van der Waals surface area contributed by atoms with Crippen molar-refractivity contribution in [3.8, 4) is 0 Å². The normalized spacial score (nSPS) is 41.1. The van der Waals surface area contributed by atoms with Crippen molar-refractivity contribution in [3.63, 3.8) is 0 Å². The van der Waals surface area contributed by atoms with Crippen molar-refractivity contribution >= 4 is 28.6 Å². The van der Waals surface area contributed by atoms with Gasteiger partial charge in [-0.2, -0.15) is 0 Å². The largest absolute Gasteiger partial charge is 0.478 e. The third-order valence-corrected chi connectivity index (χ3v) is 15.6. The van der Waals surface area contributed by atoms with Crippen LogP contribution in [0.15, 0.2) is 30.3 Å². The van der Waals surface area contributed by atoms with E-state index in [2.05, 4.69) is 44.4 Å². The summed E-state index contributed by atoms with van der Waals surface area (Å²) < 4.78 is 13.4. The fourth-order valence-electron chi connectivity index (χ4n) is 11.9. The minimum atomic E-state index is -1.03. The van der Waals surface area contributed by atoms with E-state index in [9.17, 15) is 18.9 Å². The zero-order valence-corrected chi connectivity index (χ0v) is 29.1. The number of urea groups is 1. The predicted molar refractivity (Wildman–Crippen MR) is 181 cm³/mol. The summed E-state index contributed by atoms with van der Waals surface area (Å²) in [7, 11) is 0.784. The molecule has 0 spiro atoms. The van der Waals surface area contributed by atoms with Crippen molar-refractivity contribution in [2.75, 3.05) is 26.4 Å². The van der Waals surface area contributed by atoms with Gasteiger partial charge in [0.05, 0.1) is 16.5 Å². The number of hydrogen-bond donors (Lipinski definition) is 3. The molecule has 45 heavy (non-hydrogen) atoms. The summed E-state index contributed by atoms with van der Waals surface area (Å²) in [6, 6.07) is 7.44. The van der Waals surface area contributed by atoms with Gasteiger partial charge in [0.1, 0.15) is 0 Å². The average molecular weight is 638 g/mol. The molecule has 4 saturated carbocycles. The van der Waals surface area contributed by atoms with Gasteiger partial charge in [0, 0.05) is 24.9 Å². The molecular weight excluding hydrogens is 582 g/mol. The van der Waals surface area contributed by atoms with E-state index in [1.807, 2.05) is 19.2 Å². The molecule has 6 rings (SSSR count). The number of fused-ring (bicyclic) bond motifs is 7. The monoisotopic (exact) mass is 637 g/mol. The third-order valence-electron chi connectivity index (χ3n) is 14.5. The van der Waals surface area contributed by atoms with Crippen LogP contribution in [0.25, 0.3) is 5.57 Å². The maximum atomic E-state index is 13.2. The molecule has 5 aliphatic rings. The Morgan fingerprint density at radius 3 is 2.38 bits per heavy atom. The van der Waals surface area contributed by atoms with Crippen LogP contribution in [0, 0.1) is 45.8 Å². The van der Waals surface area contributed by atoms with Crippen LogP contribution in [-0.2, 0) is 11.0 Å². The summed E-state index contributed by atoms with van der Waals surface area (Å²) in [6.45, 7) is 11.4. The lowest BCUT2D eigenvalue weighted by molar-refractivity contribution is -0.210. The van der Waals surface area contributed by atoms with Gasteiger partial charge >= 0.3 is 12.0 Å². The highest BCUT2D eigenvalue weighted by Crippen LogP contribution is 2.75. The van der Waals surface area contributed by atoms with Gasteiger partial charge in [-0.1, -0.05) is 52.3 Å². The molecule has 3 N–H and O–H groups in total. The van der Waals surface area contributed by atoms with Gasteiger partial charge in [0.25, 0.3) is 0 Å². The highest BCUT2D eigenvalue weighted by Gasteiger charge is 2.68. The Hall–Kier alpha value is -2.19. The smallest absolute Gasteiger partial charge is 0.335 e. The molecule has 0 radical (unpaired) electrons. The van der Waals surface area contributed by atoms with E-state index >= 15 is 0 Å². The van der Waals surface area contributed by atoms with Gasteiger partial charge in [-0.15, -0.1) is 0 Å². The third kappa shape index (κ3) is 5.21. The molecule has 7 nitrogen and oxygen atoms in total. The number of allylic oxidation sites excluding steroid dienone is 2. The number of carboxylic acids is 1. The van der Waals surface area contributed by atoms with Crippen molar-refractivity contribution in [1.29, 1.82) is 0 Å². The molecule has 8 heteroatoms. The number of carboxylic acid groups (broad SMARTS) is 1. The minimum Gasteiger partial charge on any atom is -0.478 e. The van der Waals surface area contributed by atoms with Crippen LogP contribution in [-0.4, -0.2) is 57.6 Å². The van der Waals surface area contributed by atoms with Crippen LogP contribution >= 0.6 is 0 Å². The van der Waals surface area contributed by atoms with Crippen LogP contribution < -0.4 is 10.6 Å². The lowest BCUT2D eigenvalue weighted by Gasteiger charge is -2.71. The van der Waals surface area contributed by atoms with Gasteiger partial charge in [-0.3, -0.25) is 0 Å². The quantitative estimate of drug-likeness (QED) is 0.297. The predicted octanol–water partition coefficient (Wildman–Crippen LogP) is 7.12. The zero-order chi connectivity index (χ0) is 32.4. The summed E-state index contributed by atoms with van der Waals surface area (Å²) >= 11 is 0. The summed E-state index contributed by atoms with van der Waals surface area (Å²) in [5, 5.41) is 16.0. The zero-order valence-electron chi connectivity index (χ0n) is 28.3. The number of hydrogen-bond acceptors (Lipinski definition) is 3. The number of aromatic carboxylic acids is 1. The molecule has 1 aromatic rings. The minimum absolute atomic E-state index is 0.0647. The molecule has 1 aromatic carbocycles. The first-order chi connectivity index (χ1) is 21.3. The van der Waals surface area contributed by atoms with E-state index in [4.69, 9.17) is 0 Å². The van der Waals surface area contributed by atoms with E-state index < -0.39 is 17.0 Å². The average Bonchev–Trinajstić information content (AvgIpc) is 3.41. The lowest BCUT2D eigenvalue weighted by atomic mass is 9.34. The van der Waals surface area contributed by atoms with E-state index in [-0.39, 0.29) is 27.8 Å². The molecule has 5 aliphatic carbocycles. The number of nitrogens with zero attached hydrogens (tertiary/aromatic N) is 1. The standard InChI is InChI=1S/C37H55N3O4S/c1-24-27(25-9-11-26(12-10-25)32(41)42)15-18-34(2)28(24)16-19-36(4)31(34)14-13-29-30-8-7-17-37(30,21-20-35(29,36)3)39-33(43)38-22-23-40(5)45(6)44/h9-12,15,24,28-31H,7-8,13-14,16-23H2,1-6H3,(H,41,42)(H2,38,39,43)/t24?,28?,29?,30?,31?,34?,35-,36?,37?,45?/m1/s1. The van der Waals surface area contributed by atoms with Gasteiger partial charge in [0.15, 0.2) is 0 Å². The van der Waals surface area contributed by atoms with E-state index in [1.54, 1.807) is 22.7 Å². The van der Waals surface area contributed by atoms with Crippen molar-refractivity contribution < 1.29 is 18.9 Å². The molecule has 0 bridgehead atoms. The molecule has 248 valence electrons. The summed E-state index contributed by atoms with van der Waals surface area (Å²) in [4.78, 5) is 24.6. The fraction of sp³-hybridized carbons (Fsp3) is 0.730. The number of carbonyl (C=O) groups is 2. The first-order valence-corrected chi connectivity index (χ1v) is 18.9. The summed E-state index contributed by atoms with van der Waals surface area (Å²) in [6.07, 6.45) is 16.0. The van der Waals surface area contributed by atoms with Gasteiger partial charge in [-0.25, -0.2) is 18.1 Å². The first-order valence-electron chi connectivity index (χ1n) is 17.4. The Bertz CT molecular complexity index is 1380. The van der Waals surface area contributed by atoms with E-state index in [1.165, 1.54) is 56.1 Å². The number of rotatable bonds is 7. The molecule has 4 fully saturated rings. The van der Waals surface area contributed by atoms with Crippen molar-refractivity contribution in [1.82, 2.24) is 14.9 Å². The Kier molecular flexibility index (Phi) is 8.59. The SMILES string of the molecule is CC1C(c2ccc(C(=O)O)cc2)=CCC2(C)C1CCC1(C)C2CCC2C3CCCC3(NC(=O)NCCN(C)S(C)=O)CC[C@]21C. The second-order valence-electron chi connectivity index (χ2n) is 16.1. The maximum Gasteiger partial charge on any atom is 0.335 e. The van der Waals surface area contributed by atoms with Crippen LogP contribution in [0.2, 0.25) is 0 Å². The summed E-state index contributed by atoms with van der Waals surface area (Å²) in [5.41, 5.74) is 3.59. The highest BCUT2D eigenvalue weighted by atomic mass is 32.2. The second kappa shape index (κ2) is 11.8. The Labute approximate surface area is 273 Å².